The summed E-state index contributed by atoms with van der Waals surface area (Å²) < 4.78 is 0. The van der Waals surface area contributed by atoms with Gasteiger partial charge in [-0.3, -0.25) is 9.59 Å². The number of amides is 2. The summed E-state index contributed by atoms with van der Waals surface area (Å²) in [6.07, 6.45) is 0.558. The monoisotopic (exact) mass is 388 g/mol. The smallest absolute Gasteiger partial charge is 0.309 e. The van der Waals surface area contributed by atoms with Gasteiger partial charge in [0.1, 0.15) is 0 Å². The number of rotatable bonds is 7. The van der Waals surface area contributed by atoms with Crippen LogP contribution in [0.15, 0.2) is 91.0 Å². The van der Waals surface area contributed by atoms with Crippen molar-refractivity contribution in [2.75, 3.05) is 0 Å². The highest BCUT2D eigenvalue weighted by Crippen LogP contribution is 2.33. The highest BCUT2D eigenvalue weighted by atomic mass is 16.3. The zero-order valence-corrected chi connectivity index (χ0v) is 16.0. The Hall–Kier alpha value is -3.44. The van der Waals surface area contributed by atoms with E-state index in [-0.39, 0.29) is 12.8 Å². The zero-order valence-electron chi connectivity index (χ0n) is 16.0. The van der Waals surface area contributed by atoms with Crippen LogP contribution in [0.1, 0.15) is 22.7 Å². The number of carbonyl (C=O) groups is 2. The number of benzene rings is 3. The van der Waals surface area contributed by atoms with Crippen molar-refractivity contribution >= 4 is 11.8 Å². The van der Waals surface area contributed by atoms with Crippen LogP contribution in [0.25, 0.3) is 0 Å². The van der Waals surface area contributed by atoms with Crippen molar-refractivity contribution < 1.29 is 14.7 Å². The molecule has 0 spiro atoms. The summed E-state index contributed by atoms with van der Waals surface area (Å²) in [7, 11) is 0. The summed E-state index contributed by atoms with van der Waals surface area (Å²) in [4.78, 5) is 23.6. The number of hydrogen-bond acceptors (Lipinski definition) is 3. The Balaban J connectivity index is 2.05. The SMILES string of the molecule is NC(=O)C(=O)N[C@H](c1ccccc1)C(O)(Cc1ccccc1)Cc1ccccc1. The molecule has 5 heteroatoms. The van der Waals surface area contributed by atoms with Crippen molar-refractivity contribution in [3.63, 3.8) is 0 Å². The lowest BCUT2D eigenvalue weighted by Gasteiger charge is -2.37. The first-order chi connectivity index (χ1) is 14.0. The van der Waals surface area contributed by atoms with Crippen molar-refractivity contribution in [3.8, 4) is 0 Å². The molecular formula is C24H24N2O3. The zero-order chi connectivity index (χ0) is 20.7. The Bertz CT molecular complexity index is 902. The van der Waals surface area contributed by atoms with Gasteiger partial charge in [0.2, 0.25) is 0 Å². The molecule has 0 fully saturated rings. The Morgan fingerprint density at radius 3 is 1.62 bits per heavy atom. The summed E-state index contributed by atoms with van der Waals surface area (Å²) >= 11 is 0. The normalized spacial score (nSPS) is 12.2. The van der Waals surface area contributed by atoms with E-state index >= 15 is 0 Å². The lowest BCUT2D eigenvalue weighted by molar-refractivity contribution is -0.139. The average molecular weight is 388 g/mol. The molecule has 4 N–H and O–H groups in total. The van der Waals surface area contributed by atoms with E-state index in [1.165, 1.54) is 0 Å². The highest BCUT2D eigenvalue weighted by Gasteiger charge is 2.39. The molecule has 3 aromatic carbocycles. The molecule has 0 unspecified atom stereocenters. The lowest BCUT2D eigenvalue weighted by Crippen LogP contribution is -2.51. The Labute approximate surface area is 170 Å². The van der Waals surface area contributed by atoms with Gasteiger partial charge in [0.25, 0.3) is 0 Å². The molecule has 0 aliphatic heterocycles. The molecule has 2 amide bonds. The molecule has 3 rings (SSSR count). The number of hydrogen-bond donors (Lipinski definition) is 3. The number of nitrogens with one attached hydrogen (secondary N) is 1. The van der Waals surface area contributed by atoms with Crippen molar-refractivity contribution in [3.05, 3.63) is 108 Å². The first kappa shape index (κ1) is 20.3. The molecule has 29 heavy (non-hydrogen) atoms. The van der Waals surface area contributed by atoms with E-state index < -0.39 is 23.5 Å². The van der Waals surface area contributed by atoms with Gasteiger partial charge in [-0.25, -0.2) is 0 Å². The van der Waals surface area contributed by atoms with Crippen LogP contribution >= 0.6 is 0 Å². The first-order valence-electron chi connectivity index (χ1n) is 9.43. The minimum Gasteiger partial charge on any atom is -0.387 e. The summed E-state index contributed by atoms with van der Waals surface area (Å²) in [5.41, 5.74) is 6.31. The van der Waals surface area contributed by atoms with Crippen LogP contribution in [-0.4, -0.2) is 22.5 Å². The van der Waals surface area contributed by atoms with Gasteiger partial charge in [-0.1, -0.05) is 91.0 Å². The quantitative estimate of drug-likeness (QED) is 0.543. The van der Waals surface area contributed by atoms with Crippen LogP contribution in [0.4, 0.5) is 0 Å². The number of aliphatic hydroxyl groups is 1. The van der Waals surface area contributed by atoms with Gasteiger partial charge in [0, 0.05) is 12.8 Å². The van der Waals surface area contributed by atoms with Crippen LogP contribution in [0.2, 0.25) is 0 Å². The molecule has 0 radical (unpaired) electrons. The maximum atomic E-state index is 12.2. The van der Waals surface area contributed by atoms with E-state index in [0.717, 1.165) is 11.1 Å². The van der Waals surface area contributed by atoms with Gasteiger partial charge in [0.15, 0.2) is 0 Å². The van der Waals surface area contributed by atoms with Gasteiger partial charge < -0.3 is 16.2 Å². The minimum atomic E-state index is -1.39. The van der Waals surface area contributed by atoms with Crippen LogP contribution in [0.5, 0.6) is 0 Å². The second kappa shape index (κ2) is 9.17. The summed E-state index contributed by atoms with van der Waals surface area (Å²) in [5, 5.41) is 14.5. The minimum absolute atomic E-state index is 0.279. The first-order valence-corrected chi connectivity index (χ1v) is 9.43. The third-order valence-corrected chi connectivity index (χ3v) is 4.88. The van der Waals surface area contributed by atoms with Gasteiger partial charge >= 0.3 is 11.8 Å². The van der Waals surface area contributed by atoms with E-state index in [0.29, 0.717) is 5.56 Å². The van der Waals surface area contributed by atoms with E-state index in [4.69, 9.17) is 5.73 Å². The molecular weight excluding hydrogens is 364 g/mol. The van der Waals surface area contributed by atoms with Crippen LogP contribution in [0, 0.1) is 0 Å². The molecule has 148 valence electrons. The third-order valence-electron chi connectivity index (χ3n) is 4.88. The topological polar surface area (TPSA) is 92.4 Å². The van der Waals surface area contributed by atoms with E-state index in [1.807, 2.05) is 91.0 Å². The van der Waals surface area contributed by atoms with E-state index in [1.54, 1.807) is 0 Å². The Morgan fingerprint density at radius 2 is 1.21 bits per heavy atom. The predicted octanol–water partition coefficient (Wildman–Crippen LogP) is 2.55. The Morgan fingerprint density at radius 1 is 0.793 bits per heavy atom. The van der Waals surface area contributed by atoms with Crippen molar-refractivity contribution in [1.82, 2.24) is 5.32 Å². The van der Waals surface area contributed by atoms with Gasteiger partial charge in [-0.05, 0) is 16.7 Å². The third kappa shape index (κ3) is 5.30. The molecule has 0 saturated heterocycles. The average Bonchev–Trinajstić information content (AvgIpc) is 2.73. The maximum Gasteiger partial charge on any atom is 0.309 e. The standard InChI is InChI=1S/C24H24N2O3/c25-22(27)23(28)26-21(20-14-8-3-9-15-20)24(29,16-18-10-4-1-5-11-18)17-19-12-6-2-7-13-19/h1-15,21,29H,16-17H2,(H2,25,27)(H,26,28)/t21-/m1/s1. The second-order valence-electron chi connectivity index (χ2n) is 7.11. The number of nitrogens with two attached hydrogens (primary N) is 1. The van der Waals surface area contributed by atoms with Crippen molar-refractivity contribution in [1.29, 1.82) is 0 Å². The van der Waals surface area contributed by atoms with Gasteiger partial charge in [-0.15, -0.1) is 0 Å². The van der Waals surface area contributed by atoms with E-state index in [9.17, 15) is 14.7 Å². The molecule has 0 saturated carbocycles. The van der Waals surface area contributed by atoms with Gasteiger partial charge in [-0.2, -0.15) is 0 Å². The molecule has 1 atom stereocenters. The van der Waals surface area contributed by atoms with Crippen LogP contribution in [-0.2, 0) is 22.4 Å². The summed E-state index contributed by atoms with van der Waals surface area (Å²) in [5.74, 6) is -2.02. The molecule has 5 nitrogen and oxygen atoms in total. The van der Waals surface area contributed by atoms with Crippen molar-refractivity contribution in [2.45, 2.75) is 24.5 Å². The molecule has 3 aromatic rings. The number of carbonyl (C=O) groups excluding carboxylic acids is 2. The second-order valence-corrected chi connectivity index (χ2v) is 7.11. The Kier molecular flexibility index (Phi) is 6.42. The molecule has 0 aromatic heterocycles. The number of primary amides is 1. The molecule has 0 aliphatic carbocycles. The van der Waals surface area contributed by atoms with Crippen molar-refractivity contribution in [2.24, 2.45) is 5.73 Å². The predicted molar refractivity (Wildman–Crippen MR) is 112 cm³/mol. The van der Waals surface area contributed by atoms with Gasteiger partial charge in [0.05, 0.1) is 11.6 Å². The van der Waals surface area contributed by atoms with E-state index in [2.05, 4.69) is 5.32 Å². The fourth-order valence-corrected chi connectivity index (χ4v) is 3.54. The molecule has 0 bridgehead atoms. The lowest BCUT2D eigenvalue weighted by atomic mass is 9.79. The molecule has 0 heterocycles. The molecule has 0 aliphatic rings. The fraction of sp³-hybridized carbons (Fsp3) is 0.167. The van der Waals surface area contributed by atoms with Crippen LogP contribution < -0.4 is 11.1 Å². The summed E-state index contributed by atoms with van der Waals surface area (Å²) in [6.45, 7) is 0. The maximum absolute atomic E-state index is 12.2. The van der Waals surface area contributed by atoms with Crippen LogP contribution in [0.3, 0.4) is 0 Å². The largest absolute Gasteiger partial charge is 0.387 e. The summed E-state index contributed by atoms with van der Waals surface area (Å²) in [6, 6.07) is 27.4. The fourth-order valence-electron chi connectivity index (χ4n) is 3.54. The highest BCUT2D eigenvalue weighted by molar-refractivity contribution is 6.34.